The van der Waals surface area contributed by atoms with Crippen molar-refractivity contribution < 1.29 is 4.79 Å². The van der Waals surface area contributed by atoms with Crippen LogP contribution in [0.3, 0.4) is 0 Å². The predicted molar refractivity (Wildman–Crippen MR) is 206 cm³/mol. The molecule has 2 heterocycles. The number of Topliss-reactive ketones (excluding diaryl/α,β-unsaturated/α-hetero) is 1. The number of aryl methyl sites for hydroxylation is 1. The number of anilines is 1. The summed E-state index contributed by atoms with van der Waals surface area (Å²) in [5, 5.41) is 9.10. The lowest BCUT2D eigenvalue weighted by Gasteiger charge is -2.21. The van der Waals surface area contributed by atoms with Gasteiger partial charge in [0, 0.05) is 36.7 Å². The van der Waals surface area contributed by atoms with Crippen LogP contribution in [0.1, 0.15) is 74.1 Å². The van der Waals surface area contributed by atoms with E-state index in [9.17, 15) is 14.4 Å². The van der Waals surface area contributed by atoms with Gasteiger partial charge in [-0.25, -0.2) is 15.2 Å². The number of nitrogens with zero attached hydrogens (tertiary/aromatic N) is 4. The van der Waals surface area contributed by atoms with Crippen LogP contribution in [0.15, 0.2) is 88.0 Å². The van der Waals surface area contributed by atoms with Crippen molar-refractivity contribution in [2.75, 3.05) is 17.4 Å². The molecule has 5 aromatic rings. The molecule has 0 fully saturated rings. The Balaban J connectivity index is 1.22. The molecule has 1 aliphatic carbocycles. The van der Waals surface area contributed by atoms with E-state index in [1.807, 2.05) is 50.4 Å². The topological polar surface area (TPSA) is 138 Å². The van der Waals surface area contributed by atoms with E-state index in [1.54, 1.807) is 28.5 Å². The highest BCUT2D eigenvalue weighted by atomic mass is 32.2. The fourth-order valence-corrected chi connectivity index (χ4v) is 7.24. The molecule has 3 aromatic carbocycles. The summed E-state index contributed by atoms with van der Waals surface area (Å²) in [5.74, 6) is 1.53. The van der Waals surface area contributed by atoms with Gasteiger partial charge in [0.25, 0.3) is 5.56 Å². The third-order valence-electron chi connectivity index (χ3n) is 9.36. The molecule has 3 N–H and O–H groups in total. The SMILES string of the molecule is CCCn1c(=O)c2[nH]c(-c3ccc(C4C(CCC(=O)[C@H](CCSC)NNc5ccc(C#N)cc5)=Cc5ccccc54)cc3)nc2n(CCC)c1=O. The van der Waals surface area contributed by atoms with Crippen molar-refractivity contribution in [3.63, 3.8) is 0 Å². The van der Waals surface area contributed by atoms with Gasteiger partial charge in [-0.2, -0.15) is 17.0 Å². The van der Waals surface area contributed by atoms with Gasteiger partial charge in [0.1, 0.15) is 11.3 Å². The van der Waals surface area contributed by atoms with Crippen molar-refractivity contribution in [3.8, 4) is 17.5 Å². The number of nitriles is 1. The van der Waals surface area contributed by atoms with Crippen LogP contribution in [-0.4, -0.2) is 42.9 Å². The number of thioether (sulfide) groups is 1. The molecule has 51 heavy (non-hydrogen) atoms. The summed E-state index contributed by atoms with van der Waals surface area (Å²) >= 11 is 1.71. The maximum absolute atomic E-state index is 13.6. The minimum absolute atomic E-state index is 0.00378. The van der Waals surface area contributed by atoms with E-state index in [0.29, 0.717) is 61.3 Å². The Kier molecular flexibility index (Phi) is 11.3. The Morgan fingerprint density at radius 3 is 2.43 bits per heavy atom. The zero-order valence-corrected chi connectivity index (χ0v) is 30.1. The van der Waals surface area contributed by atoms with Crippen LogP contribution in [0.5, 0.6) is 0 Å². The molecule has 0 amide bonds. The highest BCUT2D eigenvalue weighted by Crippen LogP contribution is 2.43. The standard InChI is InChI=1S/C40H43N7O3S/c1-4-21-46-38-36(39(49)47(22-5-2)40(46)50)42-37(43-38)28-14-12-27(13-15-28)35-30(24-29-8-6-7-9-32(29)35)16-19-34(48)33(20-23-51-3)45-44-31-17-10-26(25-41)11-18-31/h6-15,17-18,24,33,35,44-45H,4-5,16,19-23H2,1-3H3,(H,42,43)/t33-,35?/m0/s1. The van der Waals surface area contributed by atoms with Crippen LogP contribution in [-0.2, 0) is 17.9 Å². The number of H-pyrrole nitrogens is 1. The number of nitrogens with one attached hydrogen (secondary N) is 3. The van der Waals surface area contributed by atoms with Gasteiger partial charge in [0.2, 0.25) is 0 Å². The molecule has 1 unspecified atom stereocenters. The summed E-state index contributed by atoms with van der Waals surface area (Å²) in [4.78, 5) is 48.1. The molecular weight excluding hydrogens is 659 g/mol. The first-order valence-electron chi connectivity index (χ1n) is 17.5. The number of allylic oxidation sites excluding steroid dienone is 1. The number of carbonyl (C=O) groups excluding carboxylic acids is 1. The number of imidazole rings is 1. The number of aromatic nitrogens is 4. The number of hydrazine groups is 1. The summed E-state index contributed by atoms with van der Waals surface area (Å²) in [7, 11) is 0. The van der Waals surface area contributed by atoms with Gasteiger partial charge in [-0.1, -0.05) is 74.0 Å². The predicted octanol–water partition coefficient (Wildman–Crippen LogP) is 6.86. The van der Waals surface area contributed by atoms with Gasteiger partial charge in [-0.3, -0.25) is 18.7 Å². The number of fused-ring (bicyclic) bond motifs is 2. The minimum atomic E-state index is -0.362. The minimum Gasteiger partial charge on any atom is -0.332 e. The number of hydrogen-bond donors (Lipinski definition) is 3. The summed E-state index contributed by atoms with van der Waals surface area (Å²) in [6.45, 7) is 4.77. The van der Waals surface area contributed by atoms with Crippen molar-refractivity contribution in [2.45, 2.75) is 71.0 Å². The zero-order chi connectivity index (χ0) is 35.9. The van der Waals surface area contributed by atoms with Crippen LogP contribution in [0.2, 0.25) is 0 Å². The molecule has 262 valence electrons. The van der Waals surface area contributed by atoms with Crippen molar-refractivity contribution in [3.05, 3.63) is 121 Å². The fourth-order valence-electron chi connectivity index (χ4n) is 6.77. The van der Waals surface area contributed by atoms with Gasteiger partial charge in [0.05, 0.1) is 17.7 Å². The average molecular weight is 702 g/mol. The Labute approximate surface area is 301 Å². The van der Waals surface area contributed by atoms with Gasteiger partial charge < -0.3 is 10.4 Å². The second-order valence-corrected chi connectivity index (χ2v) is 13.8. The lowest BCUT2D eigenvalue weighted by Crippen LogP contribution is -2.40. The highest BCUT2D eigenvalue weighted by Gasteiger charge is 2.28. The summed E-state index contributed by atoms with van der Waals surface area (Å²) in [6, 6.07) is 25.4. The molecule has 1 aliphatic rings. The van der Waals surface area contributed by atoms with Crippen LogP contribution in [0.4, 0.5) is 5.69 Å². The first kappa shape index (κ1) is 35.6. The molecule has 2 atom stereocenters. The molecule has 11 heteroatoms. The van der Waals surface area contributed by atoms with E-state index < -0.39 is 0 Å². The van der Waals surface area contributed by atoms with Gasteiger partial charge in [-0.05, 0) is 78.6 Å². The van der Waals surface area contributed by atoms with Gasteiger partial charge >= 0.3 is 5.69 Å². The number of rotatable bonds is 16. The van der Waals surface area contributed by atoms with Crippen molar-refractivity contribution in [2.24, 2.45) is 0 Å². The average Bonchev–Trinajstić information content (AvgIpc) is 3.77. The number of hydrogen-bond acceptors (Lipinski definition) is 8. The highest BCUT2D eigenvalue weighted by molar-refractivity contribution is 7.98. The van der Waals surface area contributed by atoms with E-state index in [0.717, 1.165) is 34.6 Å². The van der Waals surface area contributed by atoms with E-state index in [1.165, 1.54) is 15.7 Å². The number of benzene rings is 3. The second-order valence-electron chi connectivity index (χ2n) is 12.8. The number of ketones is 1. The molecule has 0 saturated heterocycles. The van der Waals surface area contributed by atoms with Crippen molar-refractivity contribution >= 4 is 40.5 Å². The molecule has 0 aliphatic heterocycles. The molecule has 0 saturated carbocycles. The zero-order valence-electron chi connectivity index (χ0n) is 29.2. The summed E-state index contributed by atoms with van der Waals surface area (Å²) in [6.07, 6.45) is 7.38. The van der Waals surface area contributed by atoms with Crippen molar-refractivity contribution in [1.82, 2.24) is 24.5 Å². The Morgan fingerprint density at radius 1 is 1.00 bits per heavy atom. The van der Waals surface area contributed by atoms with Gasteiger partial charge in [-0.15, -0.1) is 0 Å². The Hall–Kier alpha value is -5.18. The van der Waals surface area contributed by atoms with E-state index in [-0.39, 0.29) is 29.0 Å². The molecule has 0 spiro atoms. The van der Waals surface area contributed by atoms with E-state index in [2.05, 4.69) is 58.3 Å². The molecule has 10 nitrogen and oxygen atoms in total. The summed E-state index contributed by atoms with van der Waals surface area (Å²) in [5.41, 5.74) is 13.3. The maximum atomic E-state index is 13.6. The van der Waals surface area contributed by atoms with Crippen LogP contribution in [0, 0.1) is 11.3 Å². The van der Waals surface area contributed by atoms with Crippen LogP contribution < -0.4 is 22.1 Å². The monoisotopic (exact) mass is 701 g/mol. The number of aromatic amines is 1. The maximum Gasteiger partial charge on any atom is 0.332 e. The summed E-state index contributed by atoms with van der Waals surface area (Å²) < 4.78 is 2.89. The van der Waals surface area contributed by atoms with E-state index >= 15 is 0 Å². The normalized spacial score (nSPS) is 14.2. The van der Waals surface area contributed by atoms with E-state index in [4.69, 9.17) is 10.2 Å². The Bertz CT molecular complexity index is 2210. The molecule has 2 aromatic heterocycles. The Morgan fingerprint density at radius 2 is 1.73 bits per heavy atom. The molecule has 0 radical (unpaired) electrons. The third-order valence-corrected chi connectivity index (χ3v) is 10.00. The largest absolute Gasteiger partial charge is 0.332 e. The van der Waals surface area contributed by atoms with Gasteiger partial charge in [0.15, 0.2) is 11.4 Å². The lowest BCUT2D eigenvalue weighted by molar-refractivity contribution is -0.121. The quantitative estimate of drug-likeness (QED) is 0.0950. The third kappa shape index (κ3) is 7.62. The smallest absolute Gasteiger partial charge is 0.332 e. The molecule has 6 rings (SSSR count). The van der Waals surface area contributed by atoms with Crippen molar-refractivity contribution in [1.29, 1.82) is 5.26 Å². The first-order chi connectivity index (χ1) is 24.9. The first-order valence-corrected chi connectivity index (χ1v) is 18.9. The van der Waals surface area contributed by atoms with Crippen LogP contribution in [0.25, 0.3) is 28.6 Å². The van der Waals surface area contributed by atoms with Crippen LogP contribution >= 0.6 is 11.8 Å². The molecular formula is C40H43N7O3S. The molecule has 0 bridgehead atoms. The fraction of sp³-hybridized carbons (Fsp3) is 0.325. The second kappa shape index (κ2) is 16.2. The lowest BCUT2D eigenvalue weighted by atomic mass is 9.85. The number of carbonyl (C=O) groups is 1.